The molecule has 0 saturated carbocycles. The molecule has 38 heavy (non-hydrogen) atoms. The van der Waals surface area contributed by atoms with Crippen molar-refractivity contribution in [1.82, 2.24) is 9.97 Å². The summed E-state index contributed by atoms with van der Waals surface area (Å²) in [7, 11) is 0. The summed E-state index contributed by atoms with van der Waals surface area (Å²) in [6.07, 6.45) is 0. The maximum Gasteiger partial charge on any atom is 0.0972 e. The average molecular weight is 483 g/mol. The smallest absolute Gasteiger partial charge is 0.0972 e. The van der Waals surface area contributed by atoms with Gasteiger partial charge in [-0.1, -0.05) is 115 Å². The largest absolute Gasteiger partial charge is 0.245 e. The van der Waals surface area contributed by atoms with Crippen LogP contribution in [0.2, 0.25) is 0 Å². The first-order valence-electron chi connectivity index (χ1n) is 12.9. The monoisotopic (exact) mass is 482 g/mol. The molecule has 8 rings (SSSR count). The van der Waals surface area contributed by atoms with E-state index in [1.54, 1.807) is 0 Å². The Morgan fingerprint density at radius 3 is 1.34 bits per heavy atom. The van der Waals surface area contributed by atoms with Gasteiger partial charge in [-0.3, -0.25) is 0 Å². The fourth-order valence-corrected chi connectivity index (χ4v) is 5.77. The van der Waals surface area contributed by atoms with Gasteiger partial charge in [0.2, 0.25) is 0 Å². The third kappa shape index (κ3) is 3.21. The predicted molar refractivity (Wildman–Crippen MR) is 160 cm³/mol. The molecular formula is C36H22N2. The molecule has 2 heteroatoms. The van der Waals surface area contributed by atoms with Crippen molar-refractivity contribution in [3.63, 3.8) is 0 Å². The first-order valence-corrected chi connectivity index (χ1v) is 12.9. The van der Waals surface area contributed by atoms with Gasteiger partial charge in [-0.2, -0.15) is 0 Å². The summed E-state index contributed by atoms with van der Waals surface area (Å²) >= 11 is 0. The molecule has 0 aliphatic heterocycles. The van der Waals surface area contributed by atoms with Crippen molar-refractivity contribution in [2.24, 2.45) is 0 Å². The third-order valence-corrected chi connectivity index (χ3v) is 7.63. The van der Waals surface area contributed by atoms with Crippen molar-refractivity contribution in [2.45, 2.75) is 0 Å². The minimum atomic E-state index is 0.932. The zero-order valence-electron chi connectivity index (χ0n) is 20.6. The van der Waals surface area contributed by atoms with E-state index in [1.807, 2.05) is 18.2 Å². The van der Waals surface area contributed by atoms with Gasteiger partial charge in [0.1, 0.15) is 0 Å². The zero-order valence-corrected chi connectivity index (χ0v) is 20.6. The summed E-state index contributed by atoms with van der Waals surface area (Å²) in [5, 5.41) is 9.83. The fraction of sp³-hybridized carbons (Fsp3) is 0. The highest BCUT2D eigenvalue weighted by molar-refractivity contribution is 6.25. The molecule has 0 unspecified atom stereocenters. The van der Waals surface area contributed by atoms with E-state index in [9.17, 15) is 0 Å². The van der Waals surface area contributed by atoms with E-state index >= 15 is 0 Å². The van der Waals surface area contributed by atoms with Crippen LogP contribution in [0.5, 0.6) is 0 Å². The quantitative estimate of drug-likeness (QED) is 0.229. The van der Waals surface area contributed by atoms with E-state index < -0.39 is 0 Å². The van der Waals surface area contributed by atoms with Crippen LogP contribution in [0.3, 0.4) is 0 Å². The van der Waals surface area contributed by atoms with Gasteiger partial charge in [0.15, 0.2) is 0 Å². The van der Waals surface area contributed by atoms with Crippen LogP contribution in [-0.2, 0) is 0 Å². The van der Waals surface area contributed by atoms with Crippen LogP contribution >= 0.6 is 0 Å². The number of hydrogen-bond donors (Lipinski definition) is 0. The van der Waals surface area contributed by atoms with E-state index in [2.05, 4.69) is 115 Å². The van der Waals surface area contributed by atoms with Crippen LogP contribution in [0.15, 0.2) is 133 Å². The van der Waals surface area contributed by atoms with Gasteiger partial charge in [-0.15, -0.1) is 0 Å². The Bertz CT molecular complexity index is 2140. The van der Waals surface area contributed by atoms with Gasteiger partial charge in [-0.25, -0.2) is 9.97 Å². The maximum absolute atomic E-state index is 5.20. The Morgan fingerprint density at radius 1 is 0.316 bits per heavy atom. The number of benzene rings is 6. The highest BCUT2D eigenvalue weighted by atomic mass is 14.8. The van der Waals surface area contributed by atoms with Crippen molar-refractivity contribution in [3.05, 3.63) is 133 Å². The number of nitrogens with zero attached hydrogens (tertiary/aromatic N) is 2. The second-order valence-corrected chi connectivity index (χ2v) is 9.82. The normalized spacial score (nSPS) is 11.7. The molecule has 6 aromatic carbocycles. The van der Waals surface area contributed by atoms with Crippen molar-refractivity contribution in [2.75, 3.05) is 0 Å². The lowest BCUT2D eigenvalue weighted by atomic mass is 9.93. The minimum absolute atomic E-state index is 0.932. The van der Waals surface area contributed by atoms with Crippen LogP contribution in [0.4, 0.5) is 0 Å². The van der Waals surface area contributed by atoms with Crippen molar-refractivity contribution >= 4 is 54.1 Å². The standard InChI is InChI=1S/C36H22N2/c1-2-8-23(9-3-1)33-20-17-24-14-15-25-18-21-34(38-36(25)35(24)37-33)26-16-19-31-29-12-5-4-10-27(29)28-11-6-7-13-30(28)32(31)22-26/h1-22H. The molecule has 0 atom stereocenters. The molecule has 2 heterocycles. The van der Waals surface area contributed by atoms with Crippen molar-refractivity contribution in [3.8, 4) is 22.5 Å². The van der Waals surface area contributed by atoms with Gasteiger partial charge in [-0.05, 0) is 50.5 Å². The van der Waals surface area contributed by atoms with E-state index in [1.165, 1.54) is 32.3 Å². The molecule has 0 fully saturated rings. The summed E-state index contributed by atoms with van der Waals surface area (Å²) in [6.45, 7) is 0. The molecule has 0 aliphatic rings. The van der Waals surface area contributed by atoms with E-state index in [0.717, 1.165) is 44.3 Å². The molecule has 0 bridgehead atoms. The molecule has 0 radical (unpaired) electrons. The Kier molecular flexibility index (Phi) is 4.55. The van der Waals surface area contributed by atoms with Crippen molar-refractivity contribution in [1.29, 1.82) is 0 Å². The molecule has 0 spiro atoms. The third-order valence-electron chi connectivity index (χ3n) is 7.63. The van der Waals surface area contributed by atoms with E-state index in [0.29, 0.717) is 0 Å². The van der Waals surface area contributed by atoms with Crippen LogP contribution in [0.25, 0.3) is 76.6 Å². The summed E-state index contributed by atoms with van der Waals surface area (Å²) in [5.74, 6) is 0. The SMILES string of the molecule is c1ccc(-c2ccc3ccc4ccc(-c5ccc6c7ccccc7c7ccccc7c6c5)nc4c3n2)cc1. The highest BCUT2D eigenvalue weighted by Crippen LogP contribution is 2.37. The zero-order chi connectivity index (χ0) is 25.1. The first kappa shape index (κ1) is 21.0. The van der Waals surface area contributed by atoms with Crippen LogP contribution < -0.4 is 0 Å². The minimum Gasteiger partial charge on any atom is -0.245 e. The Morgan fingerprint density at radius 2 is 0.763 bits per heavy atom. The van der Waals surface area contributed by atoms with Gasteiger partial charge in [0, 0.05) is 21.9 Å². The average Bonchev–Trinajstić information content (AvgIpc) is 3.01. The summed E-state index contributed by atoms with van der Waals surface area (Å²) in [5.41, 5.74) is 5.99. The Labute approximate surface area is 219 Å². The summed E-state index contributed by atoms with van der Waals surface area (Å²) < 4.78 is 0. The molecule has 0 amide bonds. The molecule has 0 saturated heterocycles. The summed E-state index contributed by atoms with van der Waals surface area (Å²) in [6, 6.07) is 47.2. The topological polar surface area (TPSA) is 25.8 Å². The maximum atomic E-state index is 5.20. The number of fused-ring (bicyclic) bond motifs is 9. The van der Waals surface area contributed by atoms with Gasteiger partial charge in [0.25, 0.3) is 0 Å². The van der Waals surface area contributed by atoms with Crippen LogP contribution in [0, 0.1) is 0 Å². The molecule has 2 nitrogen and oxygen atoms in total. The fourth-order valence-electron chi connectivity index (χ4n) is 5.77. The first-order chi connectivity index (χ1) is 18.8. The molecule has 0 N–H and O–H groups in total. The Hall–Kier alpha value is -5.08. The number of pyridine rings is 2. The molecule has 2 aromatic heterocycles. The van der Waals surface area contributed by atoms with Crippen molar-refractivity contribution < 1.29 is 0 Å². The second kappa shape index (κ2) is 8.22. The van der Waals surface area contributed by atoms with Gasteiger partial charge < -0.3 is 0 Å². The molecule has 0 aliphatic carbocycles. The molecule has 8 aromatic rings. The van der Waals surface area contributed by atoms with Gasteiger partial charge >= 0.3 is 0 Å². The lowest BCUT2D eigenvalue weighted by Crippen LogP contribution is -1.91. The van der Waals surface area contributed by atoms with Gasteiger partial charge in [0.05, 0.1) is 22.4 Å². The molecular weight excluding hydrogens is 460 g/mol. The Balaban J connectivity index is 1.37. The van der Waals surface area contributed by atoms with Crippen LogP contribution in [-0.4, -0.2) is 9.97 Å². The van der Waals surface area contributed by atoms with Crippen LogP contribution in [0.1, 0.15) is 0 Å². The second-order valence-electron chi connectivity index (χ2n) is 9.82. The van der Waals surface area contributed by atoms with E-state index in [4.69, 9.17) is 9.97 Å². The number of hydrogen-bond acceptors (Lipinski definition) is 2. The molecule has 176 valence electrons. The number of rotatable bonds is 2. The lowest BCUT2D eigenvalue weighted by Gasteiger charge is -2.12. The van der Waals surface area contributed by atoms with E-state index in [-0.39, 0.29) is 0 Å². The predicted octanol–water partition coefficient (Wildman–Crippen LogP) is 9.58. The summed E-state index contributed by atoms with van der Waals surface area (Å²) in [4.78, 5) is 10.3. The lowest BCUT2D eigenvalue weighted by molar-refractivity contribution is 1.37. The number of aromatic nitrogens is 2. The highest BCUT2D eigenvalue weighted by Gasteiger charge is 2.12.